The van der Waals surface area contributed by atoms with Gasteiger partial charge in [-0.05, 0) is 24.7 Å². The average molecular weight is 585 g/mol. The van der Waals surface area contributed by atoms with Crippen molar-refractivity contribution in [1.29, 1.82) is 0 Å². The van der Waals surface area contributed by atoms with Crippen LogP contribution in [-0.4, -0.2) is 6.16 Å². The van der Waals surface area contributed by atoms with Crippen molar-refractivity contribution in [2.75, 3.05) is 6.16 Å². The normalized spacial score (nSPS) is 9.71. The van der Waals surface area contributed by atoms with Gasteiger partial charge < -0.3 is 24.8 Å². The molecule has 0 amide bonds. The molecule has 0 saturated carbocycles. The third-order valence-electron chi connectivity index (χ3n) is 5.02. The molecule has 0 aliphatic rings. The molecule has 0 aliphatic heterocycles. The van der Waals surface area contributed by atoms with Gasteiger partial charge in [0, 0.05) is 0 Å². The van der Waals surface area contributed by atoms with E-state index in [4.69, 9.17) is 0 Å². The number of halogens is 2. The minimum atomic E-state index is -0.276. The van der Waals surface area contributed by atoms with Gasteiger partial charge >= 0.3 is 16.5 Å². The third kappa shape index (κ3) is 11.2. The number of hydrogen-bond donors (Lipinski definition) is 0. The second kappa shape index (κ2) is 19.9. The summed E-state index contributed by atoms with van der Waals surface area (Å²) in [6.07, 6.45) is 6.08. The Labute approximate surface area is 237 Å². The quantitative estimate of drug-likeness (QED) is 0.166. The SMILES string of the molecule is CCCP(c1ccccc1)c1ccccc1.CC[CH-]P(c1ccccc1)c1ccccc1.[Cl-].[Cl-].[Ni+3]. The first-order valence-electron chi connectivity index (χ1n) is 11.4. The molecule has 0 fully saturated rings. The van der Waals surface area contributed by atoms with E-state index in [1.54, 1.807) is 0 Å². The molecule has 0 N–H and O–H groups in total. The maximum atomic E-state index is 2.43. The van der Waals surface area contributed by atoms with Crippen LogP contribution in [0.3, 0.4) is 0 Å². The molecule has 35 heavy (non-hydrogen) atoms. The van der Waals surface area contributed by atoms with E-state index >= 15 is 0 Å². The Balaban J connectivity index is 0.000000608. The summed E-state index contributed by atoms with van der Waals surface area (Å²) < 4.78 is 0. The van der Waals surface area contributed by atoms with Crippen LogP contribution in [0.2, 0.25) is 0 Å². The van der Waals surface area contributed by atoms with E-state index in [-0.39, 0.29) is 57.1 Å². The molecular formula is C30H33Cl2NiP2. The van der Waals surface area contributed by atoms with Crippen molar-refractivity contribution < 1.29 is 41.3 Å². The van der Waals surface area contributed by atoms with E-state index in [1.165, 1.54) is 33.8 Å². The van der Waals surface area contributed by atoms with Crippen LogP contribution in [0.1, 0.15) is 26.7 Å². The molecule has 0 nitrogen and oxygen atoms in total. The van der Waals surface area contributed by atoms with Crippen molar-refractivity contribution in [3.8, 4) is 0 Å². The Morgan fingerprint density at radius 3 is 1.11 bits per heavy atom. The summed E-state index contributed by atoms with van der Waals surface area (Å²) in [4.78, 5) is 0. The van der Waals surface area contributed by atoms with Crippen LogP contribution in [-0.2, 0) is 16.5 Å². The first-order chi connectivity index (χ1) is 15.8. The van der Waals surface area contributed by atoms with Crippen molar-refractivity contribution in [3.05, 3.63) is 127 Å². The monoisotopic (exact) mass is 583 g/mol. The summed E-state index contributed by atoms with van der Waals surface area (Å²) in [6, 6.07) is 43.3. The van der Waals surface area contributed by atoms with Gasteiger partial charge in [0.15, 0.2) is 0 Å². The van der Waals surface area contributed by atoms with Gasteiger partial charge in [-0.25, -0.2) is 7.92 Å². The smallest absolute Gasteiger partial charge is 1.00 e. The Hall–Kier alpha value is -1.19. The summed E-state index contributed by atoms with van der Waals surface area (Å²) >= 11 is 0. The minimum Gasteiger partial charge on any atom is -1.00 e. The predicted molar refractivity (Wildman–Crippen MR) is 148 cm³/mol. The van der Waals surface area contributed by atoms with Gasteiger partial charge in [-0.15, -0.1) is 0 Å². The Kier molecular flexibility index (Phi) is 19.3. The molecule has 0 aromatic heterocycles. The van der Waals surface area contributed by atoms with Gasteiger partial charge in [0.25, 0.3) is 0 Å². The third-order valence-corrected chi connectivity index (χ3v) is 10.2. The van der Waals surface area contributed by atoms with E-state index in [9.17, 15) is 0 Å². The molecular weight excluding hydrogens is 552 g/mol. The Bertz CT molecular complexity index is 839. The van der Waals surface area contributed by atoms with E-state index in [0.717, 1.165) is 6.42 Å². The fourth-order valence-electron chi connectivity index (χ4n) is 3.57. The molecule has 0 bridgehead atoms. The number of hydrogen-bond acceptors (Lipinski definition) is 0. The van der Waals surface area contributed by atoms with Crippen LogP contribution in [0, 0.1) is 6.16 Å². The predicted octanol–water partition coefficient (Wildman–Crippen LogP) is 1.23. The second-order valence-electron chi connectivity index (χ2n) is 7.45. The van der Waals surface area contributed by atoms with Crippen LogP contribution in [0.15, 0.2) is 121 Å². The summed E-state index contributed by atoms with van der Waals surface area (Å²) in [7, 11) is -0.427. The van der Waals surface area contributed by atoms with Crippen LogP contribution >= 0.6 is 15.8 Å². The van der Waals surface area contributed by atoms with Crippen LogP contribution < -0.4 is 46.0 Å². The van der Waals surface area contributed by atoms with E-state index in [2.05, 4.69) is 141 Å². The maximum Gasteiger partial charge on any atom is 3.00 e. The molecule has 187 valence electrons. The average Bonchev–Trinajstić information content (AvgIpc) is 2.88. The van der Waals surface area contributed by atoms with Gasteiger partial charge in [0.2, 0.25) is 0 Å². The minimum absolute atomic E-state index is 0. The largest absolute Gasteiger partial charge is 3.00 e. The summed E-state index contributed by atoms with van der Waals surface area (Å²) in [5.41, 5.74) is 0. The van der Waals surface area contributed by atoms with Gasteiger partial charge in [-0.2, -0.15) is 6.42 Å². The number of rotatable bonds is 8. The molecule has 0 atom stereocenters. The first kappa shape index (κ1) is 33.8. The maximum absolute atomic E-state index is 2.43. The van der Waals surface area contributed by atoms with Gasteiger partial charge in [-0.1, -0.05) is 152 Å². The Morgan fingerprint density at radius 2 is 0.829 bits per heavy atom. The van der Waals surface area contributed by atoms with Crippen LogP contribution in [0.5, 0.6) is 0 Å². The van der Waals surface area contributed by atoms with Crippen LogP contribution in [0.4, 0.5) is 0 Å². The fraction of sp³-hybridized carbons (Fsp3) is 0.167. The van der Waals surface area contributed by atoms with E-state index in [0.29, 0.717) is 0 Å². The second-order valence-corrected chi connectivity index (χ2v) is 11.9. The topological polar surface area (TPSA) is 0 Å². The molecule has 0 spiro atoms. The van der Waals surface area contributed by atoms with Crippen molar-refractivity contribution >= 4 is 37.1 Å². The zero-order valence-corrected chi connectivity index (χ0v) is 24.5. The first-order valence-corrected chi connectivity index (χ1v) is 14.4. The van der Waals surface area contributed by atoms with Crippen molar-refractivity contribution in [1.82, 2.24) is 0 Å². The molecule has 4 aromatic rings. The van der Waals surface area contributed by atoms with Crippen molar-refractivity contribution in [2.24, 2.45) is 0 Å². The summed E-state index contributed by atoms with van der Waals surface area (Å²) in [5.74, 6) is 0. The molecule has 5 heteroatoms. The molecule has 0 heterocycles. The van der Waals surface area contributed by atoms with Gasteiger partial charge in [0.05, 0.1) is 0 Å². The molecule has 4 rings (SSSR count). The molecule has 4 aromatic carbocycles. The van der Waals surface area contributed by atoms with Crippen molar-refractivity contribution in [3.63, 3.8) is 0 Å². The van der Waals surface area contributed by atoms with Crippen LogP contribution in [0.25, 0.3) is 0 Å². The van der Waals surface area contributed by atoms with E-state index in [1.807, 2.05) is 0 Å². The zero-order chi connectivity index (χ0) is 22.4. The van der Waals surface area contributed by atoms with Gasteiger partial charge in [-0.3, -0.25) is 6.16 Å². The standard InChI is InChI=1S/C15H17P.C15H16P.2ClH.Ni/c2*1-2-13-16(14-9-5-3-6-10-14)15-11-7-4-8-12-15;;;/h3-12H,2,13H2,1H3;3-13H,2H2,1H3;2*1H;/q;-1;;;+3/p-2. The Morgan fingerprint density at radius 1 is 0.514 bits per heavy atom. The zero-order valence-electron chi connectivity index (χ0n) is 20.2. The summed E-state index contributed by atoms with van der Waals surface area (Å²) in [5, 5.41) is 5.85. The summed E-state index contributed by atoms with van der Waals surface area (Å²) in [6.45, 7) is 4.47. The van der Waals surface area contributed by atoms with Crippen molar-refractivity contribution in [2.45, 2.75) is 26.7 Å². The molecule has 0 saturated heterocycles. The van der Waals surface area contributed by atoms with Gasteiger partial charge in [0.1, 0.15) is 0 Å². The number of benzene rings is 4. The molecule has 1 radical (unpaired) electrons. The molecule has 0 aliphatic carbocycles. The fourth-order valence-corrected chi connectivity index (χ4v) is 7.96. The van der Waals surface area contributed by atoms with E-state index < -0.39 is 0 Å². The molecule has 0 unspecified atom stereocenters.